The number of nitrogens with one attached hydrogen (secondary N) is 2. The Morgan fingerprint density at radius 1 is 1.22 bits per heavy atom. The number of aromatic nitrogens is 5. The Morgan fingerprint density at radius 2 is 2.06 bits per heavy atom. The molecule has 2 aliphatic heterocycles. The summed E-state index contributed by atoms with van der Waals surface area (Å²) in [6.45, 7) is 2.73. The molecule has 0 bridgehead atoms. The Kier molecular flexibility index (Phi) is 5.37. The van der Waals surface area contributed by atoms with Gasteiger partial charge in [-0.05, 0) is 53.3 Å². The monoisotopic (exact) mass is 440 g/mol. The number of anilines is 1. The van der Waals surface area contributed by atoms with Gasteiger partial charge in [-0.3, -0.25) is 4.79 Å². The normalized spacial score (nSPS) is 16.0. The fourth-order valence-electron chi connectivity index (χ4n) is 3.82. The van der Waals surface area contributed by atoms with Gasteiger partial charge in [-0.15, -0.1) is 5.10 Å². The van der Waals surface area contributed by atoms with Crippen LogP contribution in [0.1, 0.15) is 41.0 Å². The number of quaternary nitrogens is 1. The second-order valence-corrected chi connectivity index (χ2v) is 7.57. The molecule has 0 saturated carbocycles. The zero-order valence-electron chi connectivity index (χ0n) is 17.2. The van der Waals surface area contributed by atoms with E-state index in [0.717, 1.165) is 31.5 Å². The molecule has 3 aromatic rings. The summed E-state index contributed by atoms with van der Waals surface area (Å²) >= 11 is 0. The molecule has 0 aliphatic carbocycles. The van der Waals surface area contributed by atoms with Crippen molar-refractivity contribution < 1.29 is 23.8 Å². The summed E-state index contributed by atoms with van der Waals surface area (Å²) in [6.07, 6.45) is 4.99. The fraction of sp³-hybridized carbons (Fsp3) is 0.368. The summed E-state index contributed by atoms with van der Waals surface area (Å²) in [5.74, 6) is 1.09. The Labute approximate surface area is 182 Å². The summed E-state index contributed by atoms with van der Waals surface area (Å²) in [4.78, 5) is 14.2. The molecule has 1 amide bonds. The van der Waals surface area contributed by atoms with Crippen molar-refractivity contribution in [2.75, 3.05) is 25.6 Å². The topological polar surface area (TPSA) is 160 Å². The van der Waals surface area contributed by atoms with Crippen molar-refractivity contribution in [3.8, 4) is 17.3 Å². The number of piperidine rings is 1. The van der Waals surface area contributed by atoms with Gasteiger partial charge < -0.3 is 20.1 Å². The number of carbonyl (C=O) groups excluding carboxylic acids is 1. The highest BCUT2D eigenvalue weighted by Crippen LogP contribution is 2.31. The number of nitrogens with zero attached hydrogens (tertiary/aromatic N) is 6. The first-order valence-electron chi connectivity index (χ1n) is 10.3. The molecule has 32 heavy (non-hydrogen) atoms. The number of amides is 1. The van der Waals surface area contributed by atoms with E-state index in [1.807, 2.05) is 6.07 Å². The van der Waals surface area contributed by atoms with E-state index in [4.69, 9.17) is 19.8 Å². The number of benzene rings is 1. The molecule has 0 radical (unpaired) electrons. The lowest BCUT2D eigenvalue weighted by Crippen LogP contribution is -3.11. The van der Waals surface area contributed by atoms with Crippen LogP contribution in [0.25, 0.3) is 5.82 Å². The number of hydrogen-bond donors (Lipinski definition) is 3. The first-order chi connectivity index (χ1) is 15.7. The highest BCUT2D eigenvalue weighted by Gasteiger charge is 2.27. The average molecular weight is 440 g/mol. The third kappa shape index (κ3) is 3.97. The van der Waals surface area contributed by atoms with Gasteiger partial charge in [0.25, 0.3) is 5.91 Å². The minimum atomic E-state index is -0.491. The van der Waals surface area contributed by atoms with Gasteiger partial charge in [-0.2, -0.15) is 9.78 Å². The summed E-state index contributed by atoms with van der Waals surface area (Å²) in [7, 11) is 0. The van der Waals surface area contributed by atoms with Crippen molar-refractivity contribution in [2.24, 2.45) is 5.10 Å². The van der Waals surface area contributed by atoms with Crippen molar-refractivity contribution in [3.05, 3.63) is 35.2 Å². The summed E-state index contributed by atoms with van der Waals surface area (Å²) in [5.41, 5.74) is 9.81. The highest BCUT2D eigenvalue weighted by molar-refractivity contribution is 5.94. The lowest BCUT2D eigenvalue weighted by molar-refractivity contribution is -0.918. The van der Waals surface area contributed by atoms with Crippen LogP contribution in [0.5, 0.6) is 11.5 Å². The van der Waals surface area contributed by atoms with E-state index in [1.165, 1.54) is 22.2 Å². The zero-order valence-corrected chi connectivity index (χ0v) is 17.2. The maximum absolute atomic E-state index is 12.9. The zero-order chi connectivity index (χ0) is 21.9. The fourth-order valence-corrected chi connectivity index (χ4v) is 3.82. The van der Waals surface area contributed by atoms with E-state index in [-0.39, 0.29) is 24.1 Å². The van der Waals surface area contributed by atoms with E-state index in [0.29, 0.717) is 23.7 Å². The van der Waals surface area contributed by atoms with Crippen molar-refractivity contribution in [2.45, 2.75) is 25.8 Å². The van der Waals surface area contributed by atoms with Crippen LogP contribution in [0.3, 0.4) is 0 Å². The predicted molar refractivity (Wildman–Crippen MR) is 110 cm³/mol. The van der Waals surface area contributed by atoms with E-state index in [9.17, 15) is 4.79 Å². The first-order valence-corrected chi connectivity index (χ1v) is 10.3. The van der Waals surface area contributed by atoms with Gasteiger partial charge >= 0.3 is 0 Å². The van der Waals surface area contributed by atoms with Gasteiger partial charge in [-0.25, -0.2) is 10.1 Å². The molecule has 2 aromatic heterocycles. The SMILES string of the molecule is Nc1nonc1-n1nnc(C(=O)N/N=C\c2ccc3c(c2)OCO3)c1C[NH+]1CCCCC1. The maximum Gasteiger partial charge on any atom is 0.294 e. The quantitative estimate of drug-likeness (QED) is 0.332. The molecular formula is C19H22N9O4+. The largest absolute Gasteiger partial charge is 0.454 e. The standard InChI is InChI=1S/C19H21N9O4/c20-17-18(25-32-24-17)28-13(10-27-6-2-1-3-7-27)16(22-26-28)19(29)23-21-9-12-4-5-14-15(8-12)31-11-30-14/h4-5,8-9H,1-3,6-7,10-11H2,(H2,20,24)(H,23,29)/p+1/b21-9-. The number of likely N-dealkylation sites (tertiary alicyclic amines) is 1. The Morgan fingerprint density at radius 3 is 2.88 bits per heavy atom. The maximum atomic E-state index is 12.9. The number of nitrogens with two attached hydrogens (primary N) is 1. The third-order valence-electron chi connectivity index (χ3n) is 5.43. The molecular weight excluding hydrogens is 418 g/mol. The second kappa shape index (κ2) is 8.63. The number of carbonyl (C=O) groups is 1. The van der Waals surface area contributed by atoms with Crippen LogP contribution in [0.2, 0.25) is 0 Å². The minimum Gasteiger partial charge on any atom is -0.454 e. The third-order valence-corrected chi connectivity index (χ3v) is 5.43. The predicted octanol–water partition coefficient (Wildman–Crippen LogP) is -0.706. The molecule has 13 heteroatoms. The van der Waals surface area contributed by atoms with E-state index in [1.54, 1.807) is 12.1 Å². The van der Waals surface area contributed by atoms with Crippen LogP contribution in [0, 0.1) is 0 Å². The van der Waals surface area contributed by atoms with Crippen LogP contribution >= 0.6 is 0 Å². The van der Waals surface area contributed by atoms with E-state index >= 15 is 0 Å². The highest BCUT2D eigenvalue weighted by atomic mass is 16.7. The lowest BCUT2D eigenvalue weighted by Gasteiger charge is -2.23. The van der Waals surface area contributed by atoms with Gasteiger partial charge in [0.1, 0.15) is 12.2 Å². The van der Waals surface area contributed by atoms with Crippen molar-refractivity contribution >= 4 is 17.9 Å². The first kappa shape index (κ1) is 19.9. The molecule has 5 rings (SSSR count). The summed E-state index contributed by atoms with van der Waals surface area (Å²) in [5, 5.41) is 19.6. The molecule has 1 saturated heterocycles. The second-order valence-electron chi connectivity index (χ2n) is 7.57. The lowest BCUT2D eigenvalue weighted by atomic mass is 10.1. The molecule has 166 valence electrons. The molecule has 4 N–H and O–H groups in total. The van der Waals surface area contributed by atoms with Gasteiger partial charge in [0, 0.05) is 0 Å². The molecule has 0 unspecified atom stereocenters. The number of fused-ring (bicyclic) bond motifs is 1. The molecule has 2 aliphatic rings. The van der Waals surface area contributed by atoms with Gasteiger partial charge in [0.2, 0.25) is 18.4 Å². The van der Waals surface area contributed by atoms with Crippen LogP contribution < -0.4 is 25.5 Å². The number of hydrazone groups is 1. The van der Waals surface area contributed by atoms with Gasteiger partial charge in [0.05, 0.1) is 19.3 Å². The van der Waals surface area contributed by atoms with E-state index in [2.05, 4.69) is 31.2 Å². The van der Waals surface area contributed by atoms with Crippen LogP contribution in [-0.4, -0.2) is 57.3 Å². The van der Waals surface area contributed by atoms with Crippen LogP contribution in [0.4, 0.5) is 5.82 Å². The molecule has 1 aromatic carbocycles. The summed E-state index contributed by atoms with van der Waals surface area (Å²) in [6, 6.07) is 5.37. The minimum absolute atomic E-state index is 0.0672. The smallest absolute Gasteiger partial charge is 0.294 e. The number of nitrogen functional groups attached to an aromatic ring is 1. The number of rotatable bonds is 6. The van der Waals surface area contributed by atoms with Crippen LogP contribution in [0.15, 0.2) is 27.9 Å². The molecule has 13 nitrogen and oxygen atoms in total. The van der Waals surface area contributed by atoms with Crippen molar-refractivity contribution in [3.63, 3.8) is 0 Å². The van der Waals surface area contributed by atoms with Gasteiger partial charge in [0.15, 0.2) is 17.2 Å². The summed E-state index contributed by atoms with van der Waals surface area (Å²) < 4.78 is 16.7. The van der Waals surface area contributed by atoms with Crippen molar-refractivity contribution in [1.29, 1.82) is 0 Å². The van der Waals surface area contributed by atoms with E-state index < -0.39 is 5.91 Å². The molecule has 1 fully saturated rings. The Bertz CT molecular complexity index is 1150. The molecule has 0 atom stereocenters. The Balaban J connectivity index is 1.36. The molecule has 4 heterocycles. The molecule has 0 spiro atoms. The van der Waals surface area contributed by atoms with Crippen LogP contribution in [-0.2, 0) is 6.54 Å². The average Bonchev–Trinajstić information content (AvgIpc) is 3.54. The van der Waals surface area contributed by atoms with Gasteiger partial charge in [-0.1, -0.05) is 5.21 Å². The van der Waals surface area contributed by atoms with Crippen molar-refractivity contribution in [1.82, 2.24) is 30.7 Å². The Hall–Kier alpha value is -4.00. The number of ether oxygens (including phenoxy) is 2. The number of hydrogen-bond acceptors (Lipinski definition) is 10.